The van der Waals surface area contributed by atoms with Gasteiger partial charge in [-0.05, 0) is 37.9 Å². The molecule has 3 N–H and O–H groups in total. The van der Waals surface area contributed by atoms with Gasteiger partial charge in [-0.3, -0.25) is 14.5 Å². The van der Waals surface area contributed by atoms with E-state index in [0.717, 1.165) is 5.56 Å². The number of nitrogens with zero attached hydrogens (tertiary/aromatic N) is 2. The Morgan fingerprint density at radius 3 is 1.69 bits per heavy atom. The van der Waals surface area contributed by atoms with Gasteiger partial charge in [-0.1, -0.05) is 84.9 Å². The molecule has 1 rings (SSSR count). The van der Waals surface area contributed by atoms with Crippen molar-refractivity contribution in [1.82, 2.24) is 15.1 Å². The predicted octanol–water partition coefficient (Wildman–Crippen LogP) is 4.57. The minimum absolute atomic E-state index is 0.0129. The van der Waals surface area contributed by atoms with Crippen molar-refractivity contribution in [2.75, 3.05) is 21.1 Å². The zero-order valence-electron chi connectivity index (χ0n) is 26.3. The standard InChI is InChI=1S/C28H45N3O4.C2HF3O2/c1-18(2)21(17-19(3)26(34)35)31(11)25(33)22(27(4,5)6)29-24(32)23(30(9)10)28(7,8)20-15-13-12-14-16-20;3-2(4,5)1(6)7/h12-18,21-23H,1-11H3,(H,29,32)(H,34,35);(H,6,7)/b19-17+;/t21-,22-,23-;/m1./s1. The van der Waals surface area contributed by atoms with E-state index in [1.54, 1.807) is 18.0 Å². The highest BCUT2D eigenvalue weighted by Crippen LogP contribution is 2.31. The highest BCUT2D eigenvalue weighted by atomic mass is 19.4. The van der Waals surface area contributed by atoms with Crippen LogP contribution in [0.4, 0.5) is 13.2 Å². The summed E-state index contributed by atoms with van der Waals surface area (Å²) in [6.45, 7) is 15.2. The normalized spacial score (nSPS) is 14.8. The first-order chi connectivity index (χ1) is 18.9. The molecule has 0 bridgehead atoms. The molecule has 0 unspecified atom stereocenters. The van der Waals surface area contributed by atoms with Crippen molar-refractivity contribution in [1.29, 1.82) is 0 Å². The molecule has 12 heteroatoms. The fraction of sp³-hybridized carbons (Fsp3) is 0.600. The van der Waals surface area contributed by atoms with E-state index in [1.807, 2.05) is 97.8 Å². The maximum atomic E-state index is 13.8. The summed E-state index contributed by atoms with van der Waals surface area (Å²) < 4.78 is 31.7. The Kier molecular flexibility index (Phi) is 13.9. The van der Waals surface area contributed by atoms with Crippen molar-refractivity contribution in [3.63, 3.8) is 0 Å². The Morgan fingerprint density at radius 2 is 1.36 bits per heavy atom. The van der Waals surface area contributed by atoms with Gasteiger partial charge in [0.2, 0.25) is 11.8 Å². The Hall–Kier alpha value is -3.41. The number of carbonyl (C=O) groups excluding carboxylic acids is 2. The third-order valence-electron chi connectivity index (χ3n) is 6.84. The summed E-state index contributed by atoms with van der Waals surface area (Å²) in [7, 11) is 5.40. The van der Waals surface area contributed by atoms with Gasteiger partial charge < -0.3 is 20.4 Å². The number of carboxylic acids is 2. The molecule has 1 aromatic rings. The molecule has 0 aromatic heterocycles. The molecule has 0 spiro atoms. The van der Waals surface area contributed by atoms with Gasteiger partial charge in [0, 0.05) is 18.0 Å². The lowest BCUT2D eigenvalue weighted by Gasteiger charge is -2.41. The number of amides is 2. The number of halogens is 3. The summed E-state index contributed by atoms with van der Waals surface area (Å²) in [5.74, 6) is -4.28. The number of alkyl halides is 3. The van der Waals surface area contributed by atoms with E-state index < -0.39 is 47.1 Å². The van der Waals surface area contributed by atoms with E-state index in [4.69, 9.17) is 9.90 Å². The second kappa shape index (κ2) is 15.2. The maximum absolute atomic E-state index is 13.8. The lowest BCUT2D eigenvalue weighted by Crippen LogP contribution is -2.61. The Balaban J connectivity index is 0.00000212. The minimum atomic E-state index is -5.08. The van der Waals surface area contributed by atoms with Crippen molar-refractivity contribution in [3.8, 4) is 0 Å². The third kappa shape index (κ3) is 11.1. The van der Waals surface area contributed by atoms with Gasteiger partial charge in [-0.25, -0.2) is 9.59 Å². The molecule has 0 heterocycles. The van der Waals surface area contributed by atoms with Crippen LogP contribution in [-0.4, -0.2) is 89.2 Å². The number of rotatable bonds is 10. The zero-order chi connectivity index (χ0) is 33.4. The molecule has 0 aliphatic heterocycles. The van der Waals surface area contributed by atoms with Gasteiger partial charge in [0.25, 0.3) is 0 Å². The van der Waals surface area contributed by atoms with Crippen LogP contribution >= 0.6 is 0 Å². The first-order valence-electron chi connectivity index (χ1n) is 13.4. The lowest BCUT2D eigenvalue weighted by molar-refractivity contribution is -0.192. The van der Waals surface area contributed by atoms with E-state index in [2.05, 4.69) is 5.32 Å². The van der Waals surface area contributed by atoms with Gasteiger partial charge in [-0.2, -0.15) is 13.2 Å². The Bertz CT molecular complexity index is 1110. The zero-order valence-corrected chi connectivity index (χ0v) is 26.3. The molecular formula is C30H46F3N3O6. The molecule has 0 saturated carbocycles. The number of aliphatic carboxylic acids is 2. The summed E-state index contributed by atoms with van der Waals surface area (Å²) in [5, 5.41) is 19.5. The van der Waals surface area contributed by atoms with E-state index in [1.165, 1.54) is 6.92 Å². The molecule has 0 saturated heterocycles. The van der Waals surface area contributed by atoms with Gasteiger partial charge in [0.15, 0.2) is 0 Å². The van der Waals surface area contributed by atoms with Gasteiger partial charge >= 0.3 is 18.1 Å². The van der Waals surface area contributed by atoms with Crippen LogP contribution in [0.5, 0.6) is 0 Å². The van der Waals surface area contributed by atoms with Gasteiger partial charge in [0.1, 0.15) is 6.04 Å². The number of nitrogens with one attached hydrogen (secondary N) is 1. The Labute approximate surface area is 246 Å². The quantitative estimate of drug-likeness (QED) is 0.335. The van der Waals surface area contributed by atoms with E-state index >= 15 is 0 Å². The summed E-state index contributed by atoms with van der Waals surface area (Å²) in [5.41, 5.74) is 0.117. The molecule has 0 radical (unpaired) electrons. The summed E-state index contributed by atoms with van der Waals surface area (Å²) in [6, 6.07) is 8.12. The summed E-state index contributed by atoms with van der Waals surface area (Å²) in [4.78, 5) is 51.2. The number of likely N-dealkylation sites (N-methyl/N-ethyl adjacent to an activating group) is 2. The highest BCUT2D eigenvalue weighted by molar-refractivity contribution is 5.91. The van der Waals surface area contributed by atoms with Crippen LogP contribution in [0, 0.1) is 11.3 Å². The minimum Gasteiger partial charge on any atom is -0.478 e. The molecular weight excluding hydrogens is 555 g/mol. The number of hydrogen-bond acceptors (Lipinski definition) is 5. The highest BCUT2D eigenvalue weighted by Gasteiger charge is 2.43. The van der Waals surface area contributed by atoms with Crippen molar-refractivity contribution >= 4 is 23.8 Å². The SMILES string of the molecule is C/C(=C\[C@H](C(C)C)N(C)C(=O)[C@@H](NC(=O)[C@@H](N(C)C)C(C)(C)c1ccccc1)C(C)(C)C)C(=O)O.O=C(O)C(F)(F)F. The second-order valence-corrected chi connectivity index (χ2v) is 12.4. The van der Waals surface area contributed by atoms with Crippen LogP contribution in [0.2, 0.25) is 0 Å². The summed E-state index contributed by atoms with van der Waals surface area (Å²) in [6.07, 6.45) is -3.48. The number of carboxylic acid groups (broad SMARTS) is 2. The molecule has 1 aromatic carbocycles. The topological polar surface area (TPSA) is 127 Å². The van der Waals surface area contributed by atoms with Crippen LogP contribution in [0.15, 0.2) is 42.0 Å². The smallest absolute Gasteiger partial charge is 0.478 e. The van der Waals surface area contributed by atoms with Crippen molar-refractivity contribution in [2.24, 2.45) is 11.3 Å². The molecule has 238 valence electrons. The Morgan fingerprint density at radius 1 is 0.905 bits per heavy atom. The summed E-state index contributed by atoms with van der Waals surface area (Å²) >= 11 is 0. The van der Waals surface area contributed by atoms with Gasteiger partial charge in [-0.15, -0.1) is 0 Å². The first-order valence-corrected chi connectivity index (χ1v) is 13.4. The lowest BCUT2D eigenvalue weighted by atomic mass is 9.76. The molecule has 0 aliphatic carbocycles. The fourth-order valence-corrected chi connectivity index (χ4v) is 4.53. The number of carbonyl (C=O) groups is 4. The average molecular weight is 602 g/mol. The second-order valence-electron chi connectivity index (χ2n) is 12.4. The van der Waals surface area contributed by atoms with Crippen LogP contribution < -0.4 is 5.32 Å². The fourth-order valence-electron chi connectivity index (χ4n) is 4.53. The van der Waals surface area contributed by atoms with Crippen LogP contribution in [0.1, 0.15) is 61.0 Å². The van der Waals surface area contributed by atoms with Crippen LogP contribution in [0.25, 0.3) is 0 Å². The molecule has 9 nitrogen and oxygen atoms in total. The molecule has 42 heavy (non-hydrogen) atoms. The molecule has 0 fully saturated rings. The molecule has 0 aliphatic rings. The van der Waals surface area contributed by atoms with E-state index in [-0.39, 0.29) is 23.3 Å². The van der Waals surface area contributed by atoms with Gasteiger partial charge in [0.05, 0.1) is 12.1 Å². The largest absolute Gasteiger partial charge is 0.490 e. The van der Waals surface area contributed by atoms with Crippen LogP contribution in [0.3, 0.4) is 0 Å². The van der Waals surface area contributed by atoms with Crippen LogP contribution in [-0.2, 0) is 24.6 Å². The van der Waals surface area contributed by atoms with E-state index in [9.17, 15) is 32.7 Å². The monoisotopic (exact) mass is 601 g/mol. The van der Waals surface area contributed by atoms with Crippen molar-refractivity contribution in [2.45, 2.75) is 85.1 Å². The van der Waals surface area contributed by atoms with Crippen molar-refractivity contribution in [3.05, 3.63) is 47.5 Å². The van der Waals surface area contributed by atoms with E-state index in [0.29, 0.717) is 0 Å². The maximum Gasteiger partial charge on any atom is 0.490 e. The van der Waals surface area contributed by atoms with Crippen molar-refractivity contribution < 1.29 is 42.6 Å². The first kappa shape index (κ1) is 38.6. The molecule has 3 atom stereocenters. The molecule has 2 amide bonds. The average Bonchev–Trinajstić information content (AvgIpc) is 2.83. The number of hydrogen-bond donors (Lipinski definition) is 3. The number of benzene rings is 1. The third-order valence-corrected chi connectivity index (χ3v) is 6.84. The predicted molar refractivity (Wildman–Crippen MR) is 155 cm³/mol.